The molecule has 6 heteroatoms. The second-order valence-electron chi connectivity index (χ2n) is 6.76. The average Bonchev–Trinajstić information content (AvgIpc) is 3.08. The molecule has 2 N–H and O–H groups in total. The predicted octanol–water partition coefficient (Wildman–Crippen LogP) is 4.12. The second kappa shape index (κ2) is 7.67. The van der Waals surface area contributed by atoms with E-state index in [1.54, 1.807) is 19.9 Å². The van der Waals surface area contributed by atoms with E-state index in [9.17, 15) is 9.59 Å². The van der Waals surface area contributed by atoms with Crippen molar-refractivity contribution < 1.29 is 18.7 Å². The van der Waals surface area contributed by atoms with Gasteiger partial charge in [0, 0.05) is 10.9 Å². The van der Waals surface area contributed by atoms with Gasteiger partial charge >= 0.3 is 5.91 Å². The highest BCUT2D eigenvalue weighted by atomic mass is 16.5. The summed E-state index contributed by atoms with van der Waals surface area (Å²) in [4.78, 5) is 24.7. The molecule has 0 aliphatic rings. The van der Waals surface area contributed by atoms with Crippen molar-refractivity contribution in [2.45, 2.75) is 20.0 Å². The van der Waals surface area contributed by atoms with Gasteiger partial charge in [-0.15, -0.1) is 0 Å². The average molecular weight is 388 g/mol. The largest absolute Gasteiger partial charge is 0.481 e. The minimum absolute atomic E-state index is 0.162. The Balaban J connectivity index is 1.39. The highest BCUT2D eigenvalue weighted by molar-refractivity contribution is 5.99. The van der Waals surface area contributed by atoms with Gasteiger partial charge in [-0.3, -0.25) is 20.4 Å². The fourth-order valence-electron chi connectivity index (χ4n) is 3.17. The lowest BCUT2D eigenvalue weighted by Crippen LogP contribution is -2.47. The molecule has 0 saturated heterocycles. The number of benzene rings is 3. The molecule has 146 valence electrons. The molecule has 0 fully saturated rings. The summed E-state index contributed by atoms with van der Waals surface area (Å²) in [6.45, 7) is 3.41. The van der Waals surface area contributed by atoms with E-state index in [0.29, 0.717) is 16.9 Å². The van der Waals surface area contributed by atoms with Gasteiger partial charge in [-0.2, -0.15) is 0 Å². The van der Waals surface area contributed by atoms with E-state index in [1.165, 1.54) is 0 Å². The van der Waals surface area contributed by atoms with Crippen LogP contribution in [0.15, 0.2) is 71.1 Å². The molecule has 0 aliphatic carbocycles. The summed E-state index contributed by atoms with van der Waals surface area (Å²) in [6.07, 6.45) is -0.798. The summed E-state index contributed by atoms with van der Waals surface area (Å²) in [5.74, 6) is -0.259. The molecule has 6 nitrogen and oxygen atoms in total. The van der Waals surface area contributed by atoms with Gasteiger partial charge in [0.25, 0.3) is 5.91 Å². The molecule has 4 aromatic rings. The third-order valence-corrected chi connectivity index (χ3v) is 4.75. The summed E-state index contributed by atoms with van der Waals surface area (Å²) in [7, 11) is 0. The van der Waals surface area contributed by atoms with E-state index in [4.69, 9.17) is 9.15 Å². The number of rotatable bonds is 4. The maximum Gasteiger partial charge on any atom is 0.305 e. The smallest absolute Gasteiger partial charge is 0.305 e. The Bertz CT molecular complexity index is 1210. The second-order valence-corrected chi connectivity index (χ2v) is 6.76. The van der Waals surface area contributed by atoms with Gasteiger partial charge in [0.15, 0.2) is 11.9 Å². The van der Waals surface area contributed by atoms with Crippen LogP contribution in [0.5, 0.6) is 5.75 Å². The first-order valence-corrected chi connectivity index (χ1v) is 9.27. The van der Waals surface area contributed by atoms with E-state index in [2.05, 4.69) is 10.9 Å². The molecule has 0 unspecified atom stereocenters. The van der Waals surface area contributed by atoms with Crippen molar-refractivity contribution in [3.05, 3.63) is 78.1 Å². The number of nitrogens with one attached hydrogen (secondary N) is 2. The van der Waals surface area contributed by atoms with Gasteiger partial charge in [-0.25, -0.2) is 0 Å². The third kappa shape index (κ3) is 3.78. The lowest BCUT2D eigenvalue weighted by atomic mass is 10.1. The normalized spacial score (nSPS) is 11.9. The van der Waals surface area contributed by atoms with Crippen molar-refractivity contribution in [2.75, 3.05) is 0 Å². The van der Waals surface area contributed by atoms with Crippen molar-refractivity contribution in [3.63, 3.8) is 0 Å². The van der Waals surface area contributed by atoms with Crippen LogP contribution in [0.2, 0.25) is 0 Å². The van der Waals surface area contributed by atoms with E-state index >= 15 is 0 Å². The minimum atomic E-state index is -0.798. The maximum absolute atomic E-state index is 12.4. The fourth-order valence-corrected chi connectivity index (χ4v) is 3.17. The van der Waals surface area contributed by atoms with Crippen LogP contribution >= 0.6 is 0 Å². The molecule has 0 radical (unpaired) electrons. The topological polar surface area (TPSA) is 80.6 Å². The zero-order valence-electron chi connectivity index (χ0n) is 16.1. The Kier molecular flexibility index (Phi) is 4.91. The van der Waals surface area contributed by atoms with Crippen LogP contribution in [-0.4, -0.2) is 17.9 Å². The van der Waals surface area contributed by atoms with E-state index in [-0.39, 0.29) is 5.76 Å². The Labute approximate surface area is 167 Å². The fraction of sp³-hybridized carbons (Fsp3) is 0.130. The molecule has 3 aromatic carbocycles. The Morgan fingerprint density at radius 2 is 1.66 bits per heavy atom. The van der Waals surface area contributed by atoms with Crippen molar-refractivity contribution in [1.82, 2.24) is 10.9 Å². The Hall–Kier alpha value is -3.80. The standard InChI is InChI=1S/C23H20N2O4/c1-14-19-9-5-6-10-20(19)29-21(14)23(27)25-24-22(26)15(2)28-18-12-11-16-7-3-4-8-17(16)13-18/h3-13,15H,1-2H3,(H,24,26)(H,25,27)/t15-/m1/s1. The van der Waals surface area contributed by atoms with E-state index in [1.807, 2.05) is 60.7 Å². The van der Waals surface area contributed by atoms with Crippen molar-refractivity contribution in [2.24, 2.45) is 0 Å². The SMILES string of the molecule is Cc1c(C(=O)NNC(=O)[C@@H](C)Oc2ccc3ccccc3c2)oc2ccccc12. The first kappa shape index (κ1) is 18.6. The number of hydrogen-bond acceptors (Lipinski definition) is 4. The number of hydrogen-bond donors (Lipinski definition) is 2. The Morgan fingerprint density at radius 1 is 0.931 bits per heavy atom. The number of carbonyl (C=O) groups is 2. The number of fused-ring (bicyclic) bond motifs is 2. The predicted molar refractivity (Wildman–Crippen MR) is 111 cm³/mol. The lowest BCUT2D eigenvalue weighted by Gasteiger charge is -2.15. The van der Waals surface area contributed by atoms with Crippen molar-refractivity contribution in [1.29, 1.82) is 0 Å². The molecule has 0 aliphatic heterocycles. The number of furan rings is 1. The van der Waals surface area contributed by atoms with Crippen LogP contribution in [0.1, 0.15) is 23.0 Å². The highest BCUT2D eigenvalue weighted by Crippen LogP contribution is 2.24. The van der Waals surface area contributed by atoms with Crippen LogP contribution in [0.4, 0.5) is 0 Å². The molecular formula is C23H20N2O4. The molecule has 1 heterocycles. The van der Waals surface area contributed by atoms with Gasteiger partial charge in [0.05, 0.1) is 0 Å². The molecule has 2 amide bonds. The maximum atomic E-state index is 12.4. The zero-order valence-corrected chi connectivity index (χ0v) is 16.1. The molecule has 1 aromatic heterocycles. The molecule has 0 spiro atoms. The van der Waals surface area contributed by atoms with Crippen LogP contribution in [0.3, 0.4) is 0 Å². The number of aryl methyl sites for hydroxylation is 1. The summed E-state index contributed by atoms with van der Waals surface area (Å²) >= 11 is 0. The Morgan fingerprint density at radius 3 is 2.45 bits per heavy atom. The van der Waals surface area contributed by atoms with Crippen LogP contribution < -0.4 is 15.6 Å². The summed E-state index contributed by atoms with van der Waals surface area (Å²) in [6, 6.07) is 20.9. The molecule has 29 heavy (non-hydrogen) atoms. The third-order valence-electron chi connectivity index (χ3n) is 4.75. The van der Waals surface area contributed by atoms with Crippen LogP contribution in [0.25, 0.3) is 21.7 Å². The van der Waals surface area contributed by atoms with Gasteiger partial charge in [-0.05, 0) is 42.8 Å². The monoisotopic (exact) mass is 388 g/mol. The number of hydrazine groups is 1. The van der Waals surface area contributed by atoms with Crippen molar-refractivity contribution in [3.8, 4) is 5.75 Å². The highest BCUT2D eigenvalue weighted by Gasteiger charge is 2.20. The first-order valence-electron chi connectivity index (χ1n) is 9.27. The minimum Gasteiger partial charge on any atom is -0.481 e. The van der Waals surface area contributed by atoms with E-state index < -0.39 is 17.9 Å². The van der Waals surface area contributed by atoms with E-state index in [0.717, 1.165) is 16.2 Å². The van der Waals surface area contributed by atoms with Gasteiger partial charge in [0.1, 0.15) is 11.3 Å². The molecule has 1 atom stereocenters. The number of para-hydroxylation sites is 1. The summed E-state index contributed by atoms with van der Waals surface area (Å²) in [5.41, 5.74) is 6.11. The quantitative estimate of drug-likeness (QED) is 0.515. The van der Waals surface area contributed by atoms with Crippen LogP contribution in [0, 0.1) is 6.92 Å². The number of carbonyl (C=O) groups excluding carboxylic acids is 2. The number of ether oxygens (including phenoxy) is 1. The van der Waals surface area contributed by atoms with Gasteiger partial charge in [0.2, 0.25) is 0 Å². The van der Waals surface area contributed by atoms with Crippen molar-refractivity contribution >= 4 is 33.6 Å². The molecule has 0 bridgehead atoms. The molecule has 0 saturated carbocycles. The van der Waals surface area contributed by atoms with Gasteiger partial charge in [-0.1, -0.05) is 48.5 Å². The first-order chi connectivity index (χ1) is 14.0. The molecular weight excluding hydrogens is 368 g/mol. The lowest BCUT2D eigenvalue weighted by molar-refractivity contribution is -0.128. The summed E-state index contributed by atoms with van der Waals surface area (Å²) in [5, 5.41) is 2.97. The summed E-state index contributed by atoms with van der Waals surface area (Å²) < 4.78 is 11.3. The number of amides is 2. The van der Waals surface area contributed by atoms with Gasteiger partial charge < -0.3 is 9.15 Å². The van der Waals surface area contributed by atoms with Crippen LogP contribution in [-0.2, 0) is 4.79 Å². The zero-order chi connectivity index (χ0) is 20.4. The molecule has 4 rings (SSSR count).